The zero-order chi connectivity index (χ0) is 17.1. The molecule has 0 saturated carbocycles. The summed E-state index contributed by atoms with van der Waals surface area (Å²) in [7, 11) is 0. The number of anilines is 1. The Bertz CT molecular complexity index is 853. The van der Waals surface area contributed by atoms with Crippen LogP contribution in [0, 0.1) is 11.6 Å². The predicted octanol–water partition coefficient (Wildman–Crippen LogP) is 3.33. The molecule has 0 bridgehead atoms. The lowest BCUT2D eigenvalue weighted by atomic mass is 10.2. The number of benzene rings is 1. The predicted molar refractivity (Wildman–Crippen MR) is 87.8 cm³/mol. The average molecular weight is 367 g/mol. The summed E-state index contributed by atoms with van der Waals surface area (Å²) < 4.78 is 26.3. The van der Waals surface area contributed by atoms with Crippen LogP contribution in [0.3, 0.4) is 0 Å². The first kappa shape index (κ1) is 16.5. The summed E-state index contributed by atoms with van der Waals surface area (Å²) in [5.41, 5.74) is 0.902. The number of nitrogens with zero attached hydrogens (tertiary/aromatic N) is 3. The van der Waals surface area contributed by atoms with Gasteiger partial charge >= 0.3 is 0 Å². The topological polar surface area (TPSA) is 83.6 Å². The second kappa shape index (κ2) is 7.05. The highest BCUT2D eigenvalue weighted by molar-refractivity contribution is 8.00. The standard InChI is InChI=1S/C14H11F2N5OS2/c1-7(24-13-17-6-18-21-13)12(22)20-14-19-11(5-23-14)8-2-3-9(15)10(16)4-8/h2-7H,1H3,(H,17,18,21)(H,19,20,22)/t7-/m0/s1. The molecule has 0 radical (unpaired) electrons. The van der Waals surface area contributed by atoms with Gasteiger partial charge in [0, 0.05) is 10.9 Å². The number of hydrogen-bond donors (Lipinski definition) is 2. The molecular formula is C14H11F2N5OS2. The molecule has 2 heterocycles. The Balaban J connectivity index is 1.67. The summed E-state index contributed by atoms with van der Waals surface area (Å²) in [4.78, 5) is 20.3. The molecule has 0 aliphatic rings. The highest BCUT2D eigenvalue weighted by Gasteiger charge is 2.17. The Labute approximate surface area is 143 Å². The molecule has 0 fully saturated rings. The molecule has 1 aromatic carbocycles. The number of halogens is 2. The molecule has 3 rings (SSSR count). The second-order valence-electron chi connectivity index (χ2n) is 4.71. The zero-order valence-corrected chi connectivity index (χ0v) is 13.9. The van der Waals surface area contributed by atoms with Crippen LogP contribution < -0.4 is 5.32 Å². The van der Waals surface area contributed by atoms with E-state index in [1.807, 2.05) is 0 Å². The van der Waals surface area contributed by atoms with Gasteiger partial charge in [0.2, 0.25) is 5.91 Å². The fourth-order valence-electron chi connectivity index (χ4n) is 1.80. The Kier molecular flexibility index (Phi) is 4.86. The van der Waals surface area contributed by atoms with Crippen LogP contribution in [-0.2, 0) is 4.79 Å². The van der Waals surface area contributed by atoms with Gasteiger partial charge in [0.25, 0.3) is 0 Å². The van der Waals surface area contributed by atoms with Crippen LogP contribution in [0.15, 0.2) is 35.1 Å². The molecule has 24 heavy (non-hydrogen) atoms. The molecule has 1 atom stereocenters. The first-order valence-electron chi connectivity index (χ1n) is 6.77. The van der Waals surface area contributed by atoms with Crippen molar-refractivity contribution < 1.29 is 13.6 Å². The molecule has 2 aromatic heterocycles. The van der Waals surface area contributed by atoms with Crippen molar-refractivity contribution in [2.75, 3.05) is 5.32 Å². The Morgan fingerprint density at radius 2 is 2.21 bits per heavy atom. The van der Waals surface area contributed by atoms with Crippen LogP contribution in [0.1, 0.15) is 6.92 Å². The molecule has 0 aliphatic carbocycles. The quantitative estimate of drug-likeness (QED) is 0.676. The first-order valence-corrected chi connectivity index (χ1v) is 8.52. The van der Waals surface area contributed by atoms with Crippen LogP contribution in [0.2, 0.25) is 0 Å². The number of thioether (sulfide) groups is 1. The summed E-state index contributed by atoms with van der Waals surface area (Å²) in [6.45, 7) is 1.73. The molecular weight excluding hydrogens is 356 g/mol. The minimum Gasteiger partial charge on any atom is -0.301 e. The van der Waals surface area contributed by atoms with Gasteiger partial charge in [-0.3, -0.25) is 9.89 Å². The van der Waals surface area contributed by atoms with Gasteiger partial charge in [-0.05, 0) is 25.1 Å². The van der Waals surface area contributed by atoms with Gasteiger partial charge in [0.05, 0.1) is 10.9 Å². The highest BCUT2D eigenvalue weighted by Crippen LogP contribution is 2.27. The Morgan fingerprint density at radius 3 is 2.92 bits per heavy atom. The number of nitrogens with one attached hydrogen (secondary N) is 2. The minimum atomic E-state index is -0.942. The molecule has 0 aliphatic heterocycles. The van der Waals surface area contributed by atoms with E-state index in [2.05, 4.69) is 25.5 Å². The molecule has 1 amide bonds. The molecule has 10 heteroatoms. The van der Waals surface area contributed by atoms with Crippen molar-refractivity contribution in [3.63, 3.8) is 0 Å². The fraction of sp³-hybridized carbons (Fsp3) is 0.143. The largest absolute Gasteiger partial charge is 0.301 e. The minimum absolute atomic E-state index is 0.248. The van der Waals surface area contributed by atoms with Crippen LogP contribution >= 0.6 is 23.1 Å². The molecule has 2 N–H and O–H groups in total. The van der Waals surface area contributed by atoms with Gasteiger partial charge in [-0.1, -0.05) is 11.8 Å². The van der Waals surface area contributed by atoms with E-state index in [9.17, 15) is 13.6 Å². The molecule has 3 aromatic rings. The van der Waals surface area contributed by atoms with Crippen LogP contribution in [0.5, 0.6) is 0 Å². The summed E-state index contributed by atoms with van der Waals surface area (Å²) in [6, 6.07) is 3.54. The monoisotopic (exact) mass is 367 g/mol. The van der Waals surface area contributed by atoms with E-state index in [1.54, 1.807) is 12.3 Å². The summed E-state index contributed by atoms with van der Waals surface area (Å²) >= 11 is 2.43. The van der Waals surface area contributed by atoms with E-state index in [1.165, 1.54) is 35.5 Å². The van der Waals surface area contributed by atoms with E-state index < -0.39 is 16.9 Å². The number of aromatic nitrogens is 4. The number of aromatic amines is 1. The number of thiazole rings is 1. The molecule has 6 nitrogen and oxygen atoms in total. The van der Waals surface area contributed by atoms with E-state index in [0.717, 1.165) is 12.1 Å². The first-order chi connectivity index (χ1) is 11.5. The van der Waals surface area contributed by atoms with Gasteiger partial charge in [-0.2, -0.15) is 5.10 Å². The number of carbonyl (C=O) groups excluding carboxylic acids is 1. The molecule has 0 saturated heterocycles. The van der Waals surface area contributed by atoms with Crippen LogP contribution in [0.4, 0.5) is 13.9 Å². The maximum atomic E-state index is 13.3. The average Bonchev–Trinajstić information content (AvgIpc) is 3.22. The van der Waals surface area contributed by atoms with Crippen molar-refractivity contribution in [1.82, 2.24) is 20.2 Å². The fourth-order valence-corrected chi connectivity index (χ4v) is 3.24. The maximum Gasteiger partial charge on any atom is 0.239 e. The lowest BCUT2D eigenvalue weighted by molar-refractivity contribution is -0.115. The SMILES string of the molecule is C[C@H](Sc1ncn[nH]1)C(=O)Nc1nc(-c2ccc(F)c(F)c2)cs1. The zero-order valence-electron chi connectivity index (χ0n) is 12.3. The number of amides is 1. The van der Waals surface area contributed by atoms with Crippen molar-refractivity contribution in [1.29, 1.82) is 0 Å². The number of carbonyl (C=O) groups is 1. The normalized spacial score (nSPS) is 12.1. The summed E-state index contributed by atoms with van der Waals surface area (Å²) in [5.74, 6) is -2.11. The summed E-state index contributed by atoms with van der Waals surface area (Å²) in [5, 5.41) is 11.2. The van der Waals surface area contributed by atoms with Gasteiger partial charge in [0.15, 0.2) is 21.9 Å². The third-order valence-corrected chi connectivity index (χ3v) is 4.75. The van der Waals surface area contributed by atoms with E-state index in [-0.39, 0.29) is 5.91 Å². The highest BCUT2D eigenvalue weighted by atomic mass is 32.2. The van der Waals surface area contributed by atoms with Gasteiger partial charge in [-0.25, -0.2) is 18.7 Å². The molecule has 124 valence electrons. The number of rotatable bonds is 5. The van der Waals surface area contributed by atoms with Crippen molar-refractivity contribution in [2.24, 2.45) is 0 Å². The van der Waals surface area contributed by atoms with Crippen LogP contribution in [-0.4, -0.2) is 31.3 Å². The van der Waals surface area contributed by atoms with E-state index in [0.29, 0.717) is 21.5 Å². The van der Waals surface area contributed by atoms with E-state index >= 15 is 0 Å². The molecule has 0 unspecified atom stereocenters. The van der Waals surface area contributed by atoms with Gasteiger partial charge in [-0.15, -0.1) is 11.3 Å². The van der Waals surface area contributed by atoms with Gasteiger partial charge in [0.1, 0.15) is 6.33 Å². The molecule has 0 spiro atoms. The lowest BCUT2D eigenvalue weighted by Crippen LogP contribution is -2.22. The van der Waals surface area contributed by atoms with Crippen molar-refractivity contribution in [3.05, 3.63) is 41.5 Å². The number of H-pyrrole nitrogens is 1. The third kappa shape index (κ3) is 3.77. The number of hydrogen-bond acceptors (Lipinski definition) is 6. The third-order valence-electron chi connectivity index (χ3n) is 3.00. The maximum absolute atomic E-state index is 13.3. The van der Waals surface area contributed by atoms with Crippen LogP contribution in [0.25, 0.3) is 11.3 Å². The van der Waals surface area contributed by atoms with E-state index in [4.69, 9.17) is 0 Å². The Hall–Kier alpha value is -2.33. The Morgan fingerprint density at radius 1 is 1.38 bits per heavy atom. The smallest absolute Gasteiger partial charge is 0.239 e. The lowest BCUT2D eigenvalue weighted by Gasteiger charge is -2.07. The van der Waals surface area contributed by atoms with Crippen molar-refractivity contribution >= 4 is 34.1 Å². The van der Waals surface area contributed by atoms with Gasteiger partial charge < -0.3 is 5.32 Å². The van der Waals surface area contributed by atoms with Crippen molar-refractivity contribution in [2.45, 2.75) is 17.3 Å². The second-order valence-corrected chi connectivity index (χ2v) is 6.89. The van der Waals surface area contributed by atoms with Crippen molar-refractivity contribution in [3.8, 4) is 11.3 Å². The summed E-state index contributed by atoms with van der Waals surface area (Å²) in [6.07, 6.45) is 1.36.